The molecule has 0 N–H and O–H groups in total. The van der Waals surface area contributed by atoms with Crippen LogP contribution in [-0.2, 0) is 4.74 Å². The van der Waals surface area contributed by atoms with E-state index in [0.29, 0.717) is 18.8 Å². The number of carbonyl (C=O) groups excluding carboxylic acids is 1. The first-order valence-electron chi connectivity index (χ1n) is 4.27. The molecule has 1 saturated heterocycles. The van der Waals surface area contributed by atoms with Crippen molar-refractivity contribution in [2.45, 2.75) is 5.92 Å². The monoisotopic (exact) mass is 234 g/mol. The molecule has 74 valence electrons. The van der Waals surface area contributed by atoms with Gasteiger partial charge in [-0.15, -0.1) is 0 Å². The number of hydrogen-bond donors (Lipinski definition) is 0. The normalized spacial score (nSPS) is 15.3. The van der Waals surface area contributed by atoms with Gasteiger partial charge in [0.05, 0.1) is 19.2 Å². The summed E-state index contributed by atoms with van der Waals surface area (Å²) < 4.78 is 5.01. The van der Waals surface area contributed by atoms with Gasteiger partial charge < -0.3 is 14.6 Å². The molecule has 1 aromatic rings. The minimum Gasteiger partial charge on any atom is -0.545 e. The van der Waals surface area contributed by atoms with Crippen LogP contribution in [0, 0.1) is 0 Å². The van der Waals surface area contributed by atoms with E-state index in [1.165, 1.54) is 0 Å². The molecule has 15 heavy (non-hydrogen) atoms. The van der Waals surface area contributed by atoms with E-state index in [1.54, 1.807) is 18.2 Å². The van der Waals surface area contributed by atoms with Crippen molar-refractivity contribution in [1.82, 2.24) is 0 Å². The Hall–Kier alpha value is -0.0600. The SMILES string of the molecule is O=C([O-])c1c(Cl)cccc1C1COC1.[Na+]. The van der Waals surface area contributed by atoms with Crippen LogP contribution in [0.3, 0.4) is 0 Å². The number of carbonyl (C=O) groups is 1. The van der Waals surface area contributed by atoms with Crippen molar-refractivity contribution in [3.8, 4) is 0 Å². The van der Waals surface area contributed by atoms with Gasteiger partial charge >= 0.3 is 29.6 Å². The van der Waals surface area contributed by atoms with Crippen molar-refractivity contribution >= 4 is 17.6 Å². The zero-order valence-electron chi connectivity index (χ0n) is 8.33. The smallest absolute Gasteiger partial charge is 0.545 e. The maximum absolute atomic E-state index is 10.9. The summed E-state index contributed by atoms with van der Waals surface area (Å²) in [6, 6.07) is 5.04. The summed E-state index contributed by atoms with van der Waals surface area (Å²) >= 11 is 5.79. The van der Waals surface area contributed by atoms with E-state index in [1.807, 2.05) is 0 Å². The molecule has 0 atom stereocenters. The van der Waals surface area contributed by atoms with E-state index in [2.05, 4.69) is 0 Å². The van der Waals surface area contributed by atoms with Gasteiger partial charge in [-0.2, -0.15) is 0 Å². The van der Waals surface area contributed by atoms with Crippen LogP contribution < -0.4 is 34.7 Å². The van der Waals surface area contributed by atoms with Gasteiger partial charge in [0.15, 0.2) is 0 Å². The summed E-state index contributed by atoms with van der Waals surface area (Å²) in [4.78, 5) is 10.9. The van der Waals surface area contributed by atoms with Crippen LogP contribution in [0.15, 0.2) is 18.2 Å². The van der Waals surface area contributed by atoms with Gasteiger partial charge in [0.2, 0.25) is 0 Å². The van der Waals surface area contributed by atoms with E-state index in [0.717, 1.165) is 0 Å². The number of aromatic carboxylic acids is 1. The molecule has 2 rings (SSSR count). The zero-order valence-corrected chi connectivity index (χ0v) is 11.1. The van der Waals surface area contributed by atoms with Crippen LogP contribution in [0.4, 0.5) is 0 Å². The molecule has 0 unspecified atom stereocenters. The fraction of sp³-hybridized carbons (Fsp3) is 0.300. The third-order valence-electron chi connectivity index (χ3n) is 2.33. The number of carboxylic acids is 1. The molecule has 1 fully saturated rings. The number of benzene rings is 1. The third kappa shape index (κ3) is 2.55. The van der Waals surface area contributed by atoms with E-state index in [9.17, 15) is 9.90 Å². The van der Waals surface area contributed by atoms with Gasteiger partial charge in [0.25, 0.3) is 0 Å². The molecule has 0 radical (unpaired) electrons. The first-order chi connectivity index (χ1) is 6.70. The van der Waals surface area contributed by atoms with Gasteiger partial charge in [-0.25, -0.2) is 0 Å². The van der Waals surface area contributed by atoms with E-state index < -0.39 is 5.97 Å². The quantitative estimate of drug-likeness (QED) is 0.547. The van der Waals surface area contributed by atoms with Crippen LogP contribution in [-0.4, -0.2) is 19.2 Å². The van der Waals surface area contributed by atoms with Crippen molar-refractivity contribution in [3.05, 3.63) is 34.3 Å². The van der Waals surface area contributed by atoms with E-state index in [4.69, 9.17) is 16.3 Å². The summed E-state index contributed by atoms with van der Waals surface area (Å²) in [5, 5.41) is 11.1. The summed E-state index contributed by atoms with van der Waals surface area (Å²) in [6.07, 6.45) is 0. The molecule has 1 aromatic carbocycles. The number of halogens is 1. The Labute approximate surface area is 115 Å². The van der Waals surface area contributed by atoms with Crippen LogP contribution in [0.2, 0.25) is 5.02 Å². The second kappa shape index (κ2) is 5.32. The van der Waals surface area contributed by atoms with Crippen molar-refractivity contribution in [3.63, 3.8) is 0 Å². The Morgan fingerprint density at radius 3 is 2.60 bits per heavy atom. The fourth-order valence-electron chi connectivity index (χ4n) is 1.51. The van der Waals surface area contributed by atoms with E-state index in [-0.39, 0.29) is 46.1 Å². The Kier molecular flexibility index (Phi) is 4.62. The van der Waals surface area contributed by atoms with Crippen molar-refractivity contribution in [2.75, 3.05) is 13.2 Å². The zero-order chi connectivity index (χ0) is 10.1. The predicted octanol–water partition coefficient (Wildman–Crippen LogP) is -2.18. The number of hydrogen-bond acceptors (Lipinski definition) is 3. The molecule has 1 aliphatic heterocycles. The van der Waals surface area contributed by atoms with Crippen molar-refractivity contribution in [2.24, 2.45) is 0 Å². The molecule has 0 amide bonds. The fourth-order valence-corrected chi connectivity index (χ4v) is 1.77. The maximum atomic E-state index is 10.9. The van der Waals surface area contributed by atoms with Crippen LogP contribution in [0.5, 0.6) is 0 Å². The minimum atomic E-state index is -1.22. The van der Waals surface area contributed by atoms with Crippen molar-refractivity contribution in [1.29, 1.82) is 0 Å². The number of ether oxygens (including phenoxy) is 1. The van der Waals surface area contributed by atoms with Gasteiger partial charge in [-0.05, 0) is 11.6 Å². The molecular formula is C10H8ClNaO3. The molecule has 0 spiro atoms. The molecule has 3 nitrogen and oxygen atoms in total. The topological polar surface area (TPSA) is 49.4 Å². The largest absolute Gasteiger partial charge is 1.00 e. The third-order valence-corrected chi connectivity index (χ3v) is 2.64. The molecule has 0 aromatic heterocycles. The molecule has 1 heterocycles. The Morgan fingerprint density at radius 1 is 1.47 bits per heavy atom. The van der Waals surface area contributed by atoms with Gasteiger partial charge in [-0.1, -0.05) is 23.7 Å². The molecule has 0 bridgehead atoms. The Morgan fingerprint density at radius 2 is 2.13 bits per heavy atom. The first kappa shape index (κ1) is 13.0. The Bertz CT molecular complexity index is 377. The summed E-state index contributed by atoms with van der Waals surface area (Å²) in [6.45, 7) is 1.11. The van der Waals surface area contributed by atoms with E-state index >= 15 is 0 Å². The second-order valence-electron chi connectivity index (χ2n) is 3.23. The summed E-state index contributed by atoms with van der Waals surface area (Å²) in [7, 11) is 0. The molecule has 1 aliphatic rings. The Balaban J connectivity index is 0.00000112. The molecule has 5 heteroatoms. The van der Waals surface area contributed by atoms with Crippen LogP contribution in [0.1, 0.15) is 21.8 Å². The predicted molar refractivity (Wildman–Crippen MR) is 49.3 cm³/mol. The van der Waals surface area contributed by atoms with Gasteiger partial charge in [0.1, 0.15) is 0 Å². The molecule has 0 aliphatic carbocycles. The average molecular weight is 235 g/mol. The first-order valence-corrected chi connectivity index (χ1v) is 4.65. The average Bonchev–Trinajstić information content (AvgIpc) is 1.99. The number of rotatable bonds is 2. The summed E-state index contributed by atoms with van der Waals surface area (Å²) in [5.74, 6) is -1.08. The van der Waals surface area contributed by atoms with Crippen LogP contribution in [0.25, 0.3) is 0 Å². The molecule has 0 saturated carbocycles. The maximum Gasteiger partial charge on any atom is 1.00 e. The van der Waals surface area contributed by atoms with Crippen molar-refractivity contribution < 1.29 is 44.2 Å². The second-order valence-corrected chi connectivity index (χ2v) is 3.63. The van der Waals surface area contributed by atoms with Gasteiger partial charge in [-0.3, -0.25) is 0 Å². The van der Waals surface area contributed by atoms with Crippen LogP contribution >= 0.6 is 11.6 Å². The minimum absolute atomic E-state index is 0. The van der Waals surface area contributed by atoms with Gasteiger partial charge in [0, 0.05) is 16.5 Å². The number of carboxylic acid groups (broad SMARTS) is 1. The summed E-state index contributed by atoms with van der Waals surface area (Å²) in [5.41, 5.74) is 0.811. The standard InChI is InChI=1S/C10H9ClO3.Na/c11-8-3-1-2-7(6-4-14-5-6)9(8)10(12)13;/h1-3,6H,4-5H2,(H,12,13);/q;+1/p-1. The molecular weight excluding hydrogens is 227 g/mol.